The normalized spacial score (nSPS) is 17.3. The van der Waals surface area contributed by atoms with Crippen LogP contribution in [-0.2, 0) is 6.42 Å². The predicted octanol–water partition coefficient (Wildman–Crippen LogP) is 2.41. The van der Waals surface area contributed by atoms with Gasteiger partial charge < -0.3 is 15.5 Å². The fourth-order valence-corrected chi connectivity index (χ4v) is 2.98. The Kier molecular flexibility index (Phi) is 7.33. The van der Waals surface area contributed by atoms with E-state index in [9.17, 15) is 4.39 Å². The zero-order valence-corrected chi connectivity index (χ0v) is 14.3. The maximum Gasteiger partial charge on any atom is 0.191 e. The van der Waals surface area contributed by atoms with E-state index in [1.807, 2.05) is 12.1 Å². The first kappa shape index (κ1) is 17.7. The van der Waals surface area contributed by atoms with Crippen LogP contribution in [0.1, 0.15) is 31.7 Å². The summed E-state index contributed by atoms with van der Waals surface area (Å²) in [6, 6.07) is 7.17. The first-order chi connectivity index (χ1) is 11.2. The van der Waals surface area contributed by atoms with Crippen molar-refractivity contribution in [1.29, 1.82) is 0 Å². The summed E-state index contributed by atoms with van der Waals surface area (Å²) in [7, 11) is 1.81. The van der Waals surface area contributed by atoms with E-state index in [1.54, 1.807) is 7.05 Å². The molecule has 1 heterocycles. The Balaban J connectivity index is 1.68. The van der Waals surface area contributed by atoms with Gasteiger partial charge in [0, 0.05) is 32.7 Å². The van der Waals surface area contributed by atoms with Gasteiger partial charge in [0.1, 0.15) is 5.82 Å². The molecule has 23 heavy (non-hydrogen) atoms. The van der Waals surface area contributed by atoms with E-state index in [4.69, 9.17) is 0 Å². The van der Waals surface area contributed by atoms with Crippen LogP contribution in [0, 0.1) is 5.82 Å². The molecule has 128 valence electrons. The minimum Gasteiger partial charge on any atom is -0.356 e. The van der Waals surface area contributed by atoms with Crippen molar-refractivity contribution in [2.24, 2.45) is 4.99 Å². The van der Waals surface area contributed by atoms with Gasteiger partial charge in [0.15, 0.2) is 5.96 Å². The molecule has 0 aliphatic carbocycles. The van der Waals surface area contributed by atoms with Gasteiger partial charge in [-0.3, -0.25) is 4.99 Å². The molecule has 0 amide bonds. The lowest BCUT2D eigenvalue weighted by Crippen LogP contribution is -2.49. The monoisotopic (exact) mass is 320 g/mol. The van der Waals surface area contributed by atoms with E-state index >= 15 is 0 Å². The van der Waals surface area contributed by atoms with Crippen molar-refractivity contribution in [2.75, 3.05) is 33.2 Å². The van der Waals surface area contributed by atoms with Crippen LogP contribution in [0.4, 0.5) is 4.39 Å². The number of benzene rings is 1. The number of aliphatic imine (C=N–C) groups is 1. The Morgan fingerprint density at radius 3 is 2.57 bits per heavy atom. The first-order valence-electron chi connectivity index (χ1n) is 8.65. The van der Waals surface area contributed by atoms with Gasteiger partial charge in [-0.2, -0.15) is 0 Å². The van der Waals surface area contributed by atoms with Gasteiger partial charge in [0.05, 0.1) is 0 Å². The number of hydrogen-bond acceptors (Lipinski definition) is 2. The molecule has 2 N–H and O–H groups in total. The van der Waals surface area contributed by atoms with Gasteiger partial charge in [-0.1, -0.05) is 19.1 Å². The number of likely N-dealkylation sites (tertiary alicyclic amines) is 1. The standard InChI is InChI=1S/C18H29FN4/c1-3-12-23-13-9-17(10-14-23)22-18(20-2)21-11-8-15-4-6-16(19)7-5-15/h4-7,17H,3,8-14H2,1-2H3,(H2,20,21,22). The van der Waals surface area contributed by atoms with Crippen molar-refractivity contribution in [3.05, 3.63) is 35.6 Å². The topological polar surface area (TPSA) is 39.7 Å². The minimum absolute atomic E-state index is 0.186. The summed E-state index contributed by atoms with van der Waals surface area (Å²) in [4.78, 5) is 6.83. The number of rotatable bonds is 6. The highest BCUT2D eigenvalue weighted by atomic mass is 19.1. The zero-order valence-electron chi connectivity index (χ0n) is 14.3. The number of hydrogen-bond donors (Lipinski definition) is 2. The second-order valence-electron chi connectivity index (χ2n) is 6.14. The van der Waals surface area contributed by atoms with Crippen LogP contribution in [0.2, 0.25) is 0 Å². The summed E-state index contributed by atoms with van der Waals surface area (Å²) in [5.41, 5.74) is 1.13. The van der Waals surface area contributed by atoms with E-state index in [-0.39, 0.29) is 5.82 Å². The van der Waals surface area contributed by atoms with Crippen LogP contribution >= 0.6 is 0 Å². The SMILES string of the molecule is CCCN1CCC(NC(=NC)NCCc2ccc(F)cc2)CC1. The number of halogens is 1. The summed E-state index contributed by atoms with van der Waals surface area (Å²) < 4.78 is 12.9. The Labute approximate surface area is 139 Å². The van der Waals surface area contributed by atoms with Crippen molar-refractivity contribution in [2.45, 2.75) is 38.6 Å². The van der Waals surface area contributed by atoms with Crippen molar-refractivity contribution in [1.82, 2.24) is 15.5 Å². The third-order valence-corrected chi connectivity index (χ3v) is 4.31. The van der Waals surface area contributed by atoms with E-state index in [0.717, 1.165) is 37.6 Å². The molecule has 0 atom stereocenters. The summed E-state index contributed by atoms with van der Waals surface area (Å²) in [6.45, 7) is 6.56. The van der Waals surface area contributed by atoms with Crippen LogP contribution < -0.4 is 10.6 Å². The largest absolute Gasteiger partial charge is 0.356 e. The van der Waals surface area contributed by atoms with Crippen LogP contribution in [0.3, 0.4) is 0 Å². The maximum absolute atomic E-state index is 12.9. The molecule has 1 aliphatic heterocycles. The Bertz CT molecular complexity index is 478. The molecule has 1 aliphatic rings. The molecule has 2 rings (SSSR count). The van der Waals surface area contributed by atoms with Crippen molar-refractivity contribution >= 4 is 5.96 Å². The quantitative estimate of drug-likeness (QED) is 0.624. The summed E-state index contributed by atoms with van der Waals surface area (Å²) in [5.74, 6) is 0.676. The number of piperidine rings is 1. The highest BCUT2D eigenvalue weighted by molar-refractivity contribution is 5.79. The fourth-order valence-electron chi connectivity index (χ4n) is 2.98. The van der Waals surface area contributed by atoms with Crippen LogP contribution in [0.5, 0.6) is 0 Å². The average molecular weight is 320 g/mol. The van der Waals surface area contributed by atoms with Gasteiger partial charge in [0.2, 0.25) is 0 Å². The van der Waals surface area contributed by atoms with Gasteiger partial charge in [-0.25, -0.2) is 4.39 Å². The summed E-state index contributed by atoms with van der Waals surface area (Å²) in [6.07, 6.45) is 4.41. The molecule has 1 fully saturated rings. The van der Waals surface area contributed by atoms with Gasteiger partial charge in [-0.05, 0) is 49.9 Å². The number of nitrogens with one attached hydrogen (secondary N) is 2. The van der Waals surface area contributed by atoms with Crippen molar-refractivity contribution < 1.29 is 4.39 Å². The fraction of sp³-hybridized carbons (Fsp3) is 0.611. The minimum atomic E-state index is -0.186. The van der Waals surface area contributed by atoms with Crippen molar-refractivity contribution in [3.63, 3.8) is 0 Å². The maximum atomic E-state index is 12.9. The molecule has 1 aromatic rings. The lowest BCUT2D eigenvalue weighted by Gasteiger charge is -2.32. The third-order valence-electron chi connectivity index (χ3n) is 4.31. The second-order valence-corrected chi connectivity index (χ2v) is 6.14. The van der Waals surface area contributed by atoms with E-state index in [1.165, 1.54) is 37.9 Å². The molecule has 5 heteroatoms. The molecule has 0 saturated carbocycles. The molecule has 0 unspecified atom stereocenters. The third kappa shape index (κ3) is 6.18. The molecule has 0 radical (unpaired) electrons. The van der Waals surface area contributed by atoms with Gasteiger partial charge in [-0.15, -0.1) is 0 Å². The molecule has 0 spiro atoms. The Morgan fingerprint density at radius 2 is 1.96 bits per heavy atom. The second kappa shape index (κ2) is 9.50. The van der Waals surface area contributed by atoms with Crippen LogP contribution in [0.25, 0.3) is 0 Å². The van der Waals surface area contributed by atoms with E-state index in [0.29, 0.717) is 6.04 Å². The van der Waals surface area contributed by atoms with E-state index < -0.39 is 0 Å². The van der Waals surface area contributed by atoms with Crippen LogP contribution in [0.15, 0.2) is 29.3 Å². The number of guanidine groups is 1. The lowest BCUT2D eigenvalue weighted by molar-refractivity contribution is 0.206. The Morgan fingerprint density at radius 1 is 1.26 bits per heavy atom. The molecule has 4 nitrogen and oxygen atoms in total. The highest BCUT2D eigenvalue weighted by Gasteiger charge is 2.19. The summed E-state index contributed by atoms with van der Waals surface area (Å²) in [5, 5.41) is 6.86. The first-order valence-corrected chi connectivity index (χ1v) is 8.65. The molecular weight excluding hydrogens is 291 g/mol. The summed E-state index contributed by atoms with van der Waals surface area (Å²) >= 11 is 0. The molecule has 1 aromatic carbocycles. The smallest absolute Gasteiger partial charge is 0.191 e. The van der Waals surface area contributed by atoms with Crippen LogP contribution in [-0.4, -0.2) is 50.1 Å². The molecule has 0 bridgehead atoms. The lowest BCUT2D eigenvalue weighted by atomic mass is 10.1. The number of nitrogens with zero attached hydrogens (tertiary/aromatic N) is 2. The van der Waals surface area contributed by atoms with Gasteiger partial charge in [0.25, 0.3) is 0 Å². The van der Waals surface area contributed by atoms with E-state index in [2.05, 4.69) is 27.4 Å². The zero-order chi connectivity index (χ0) is 16.5. The van der Waals surface area contributed by atoms with Gasteiger partial charge >= 0.3 is 0 Å². The van der Waals surface area contributed by atoms with Crippen molar-refractivity contribution in [3.8, 4) is 0 Å². The molecular formula is C18H29FN4. The average Bonchev–Trinajstić information content (AvgIpc) is 2.57. The Hall–Kier alpha value is -1.62. The molecule has 1 saturated heterocycles. The predicted molar refractivity (Wildman–Crippen MR) is 94.4 cm³/mol. The molecule has 0 aromatic heterocycles. The highest BCUT2D eigenvalue weighted by Crippen LogP contribution is 2.10.